The van der Waals surface area contributed by atoms with Gasteiger partial charge in [0.25, 0.3) is 0 Å². The van der Waals surface area contributed by atoms with E-state index in [1.807, 2.05) is 112 Å². The van der Waals surface area contributed by atoms with Crippen LogP contribution in [0.1, 0.15) is 33.4 Å². The van der Waals surface area contributed by atoms with Gasteiger partial charge in [-0.05, 0) is 115 Å². The fourth-order valence-electron chi connectivity index (χ4n) is 4.76. The molecule has 0 radical (unpaired) electrons. The number of anilines is 6. The van der Waals surface area contributed by atoms with Crippen molar-refractivity contribution in [1.29, 1.82) is 0 Å². The van der Waals surface area contributed by atoms with Crippen LogP contribution in [0.15, 0.2) is 133 Å². The lowest BCUT2D eigenvalue weighted by Gasteiger charge is -2.30. The van der Waals surface area contributed by atoms with Crippen molar-refractivity contribution < 1.29 is 9.84 Å². The molecule has 0 unspecified atom stereocenters. The van der Waals surface area contributed by atoms with Crippen LogP contribution in [0.5, 0.6) is 11.5 Å². The number of hydrogen-bond donors (Lipinski definition) is 7. The van der Waals surface area contributed by atoms with Crippen molar-refractivity contribution in [2.45, 2.75) is 26.4 Å². The lowest BCUT2D eigenvalue weighted by molar-refractivity contribution is 0.126. The Morgan fingerprint density at radius 2 is 0.771 bits per heavy atom. The topological polar surface area (TPSA) is 186 Å². The largest absolute Gasteiger partial charge is 0.457 e. The summed E-state index contributed by atoms with van der Waals surface area (Å²) in [5.41, 5.74) is 42.5. The first kappa shape index (κ1) is 34.7. The van der Waals surface area contributed by atoms with Crippen molar-refractivity contribution in [2.24, 2.45) is 0 Å². The average Bonchev–Trinajstić information content (AvgIpc) is 3.07. The Labute approximate surface area is 282 Å². The van der Waals surface area contributed by atoms with Crippen LogP contribution in [0.2, 0.25) is 0 Å². The summed E-state index contributed by atoms with van der Waals surface area (Å²) in [6, 6.07) is 40.9. The van der Waals surface area contributed by atoms with E-state index >= 15 is 0 Å². The van der Waals surface area contributed by atoms with E-state index in [-0.39, 0.29) is 0 Å². The summed E-state index contributed by atoms with van der Waals surface area (Å²) in [4.78, 5) is 0. The van der Waals surface area contributed by atoms with Crippen LogP contribution in [-0.2, 0) is 5.60 Å². The summed E-state index contributed by atoms with van der Waals surface area (Å²) in [5, 5.41) is 11.6. The second-order valence-corrected chi connectivity index (χ2v) is 11.6. The minimum absolute atomic E-state index is 0.664. The fourth-order valence-corrected chi connectivity index (χ4v) is 4.76. The van der Waals surface area contributed by atoms with Gasteiger partial charge in [-0.15, -0.1) is 0 Å². The van der Waals surface area contributed by atoms with Gasteiger partial charge in [0.05, 0.1) is 0 Å². The monoisotopic (exact) mass is 640 g/mol. The van der Waals surface area contributed by atoms with E-state index in [1.165, 1.54) is 0 Å². The van der Waals surface area contributed by atoms with Gasteiger partial charge in [0.1, 0.15) is 17.1 Å². The summed E-state index contributed by atoms with van der Waals surface area (Å²) in [5.74, 6) is 1.48. The van der Waals surface area contributed by atoms with Crippen molar-refractivity contribution in [3.63, 3.8) is 0 Å². The maximum Gasteiger partial charge on any atom is 0.140 e. The number of nitrogens with two attached hydrogens (primary N) is 6. The Balaban J connectivity index is 0.000000180. The maximum absolute atomic E-state index is 11.6. The zero-order valence-corrected chi connectivity index (χ0v) is 27.5. The molecule has 0 aliphatic heterocycles. The van der Waals surface area contributed by atoms with Crippen LogP contribution in [0, 0.1) is 20.8 Å². The van der Waals surface area contributed by atoms with Crippen LogP contribution in [0.3, 0.4) is 0 Å². The quantitative estimate of drug-likeness (QED) is 0.0743. The van der Waals surface area contributed by atoms with Gasteiger partial charge < -0.3 is 44.2 Å². The Morgan fingerprint density at radius 3 is 1.19 bits per heavy atom. The maximum atomic E-state index is 11.6. The first-order valence-corrected chi connectivity index (χ1v) is 15.4. The molecule has 8 nitrogen and oxygen atoms in total. The molecular formula is C40H44N6O2. The molecule has 6 aromatic rings. The SMILES string of the molecule is Cc1ccc(C(O)(c2ccc(N)cc2)c2ccc(N)cc2)cc1.Cc1ccc(N)cc1N.Cc1ccc(Oc2ccc(N)cc2)cc1N. The second-order valence-electron chi connectivity index (χ2n) is 11.6. The molecule has 13 N–H and O–H groups in total. The third kappa shape index (κ3) is 8.99. The standard InChI is InChI=1S/C20H20N2O.C13H14N2O.C7H10N2/c1-14-2-4-15(5-3-14)20(23,16-6-10-18(21)11-7-16)17-8-12-19(22)13-9-17;1-9-2-5-12(8-13(9)15)16-11-6-3-10(14)4-7-11;1-5-2-3-6(8)4-7(5)9/h2-13,23H,21-22H2,1H3;2-8H,14-15H2,1H3;2-4H,8-9H2,1H3. The Morgan fingerprint density at radius 1 is 0.417 bits per heavy atom. The summed E-state index contributed by atoms with van der Waals surface area (Å²) >= 11 is 0. The van der Waals surface area contributed by atoms with Crippen molar-refractivity contribution in [1.82, 2.24) is 0 Å². The average molecular weight is 641 g/mol. The Hall–Kier alpha value is -6.12. The van der Waals surface area contributed by atoms with Crippen LogP contribution in [0.4, 0.5) is 34.1 Å². The second kappa shape index (κ2) is 15.4. The number of rotatable bonds is 5. The first-order valence-electron chi connectivity index (χ1n) is 15.4. The zero-order valence-electron chi connectivity index (χ0n) is 27.5. The van der Waals surface area contributed by atoms with E-state index in [0.717, 1.165) is 67.6 Å². The molecular weight excluding hydrogens is 596 g/mol. The molecule has 6 aromatic carbocycles. The molecule has 0 aromatic heterocycles. The minimum atomic E-state index is -1.25. The third-order valence-corrected chi connectivity index (χ3v) is 7.80. The smallest absolute Gasteiger partial charge is 0.140 e. The molecule has 0 bridgehead atoms. The minimum Gasteiger partial charge on any atom is -0.457 e. The molecule has 0 atom stereocenters. The van der Waals surface area contributed by atoms with Gasteiger partial charge in [0.2, 0.25) is 0 Å². The van der Waals surface area contributed by atoms with Crippen molar-refractivity contribution in [3.05, 3.63) is 167 Å². The van der Waals surface area contributed by atoms with Gasteiger partial charge in [-0.3, -0.25) is 0 Å². The predicted octanol–water partition coefficient (Wildman–Crippen LogP) is 7.55. The van der Waals surface area contributed by atoms with Gasteiger partial charge in [-0.25, -0.2) is 0 Å². The van der Waals surface area contributed by atoms with Crippen LogP contribution in [0.25, 0.3) is 0 Å². The van der Waals surface area contributed by atoms with Gasteiger partial charge >= 0.3 is 0 Å². The first-order chi connectivity index (χ1) is 22.8. The van der Waals surface area contributed by atoms with E-state index in [4.69, 9.17) is 39.1 Å². The highest BCUT2D eigenvalue weighted by Gasteiger charge is 2.33. The predicted molar refractivity (Wildman–Crippen MR) is 202 cm³/mol. The molecule has 6 rings (SSSR count). The van der Waals surface area contributed by atoms with Crippen molar-refractivity contribution in [3.8, 4) is 11.5 Å². The summed E-state index contributed by atoms with van der Waals surface area (Å²) in [6.45, 7) is 5.94. The lowest BCUT2D eigenvalue weighted by atomic mass is 9.80. The molecule has 0 saturated carbocycles. The molecule has 246 valence electrons. The summed E-state index contributed by atoms with van der Waals surface area (Å²) < 4.78 is 5.63. The zero-order chi connectivity index (χ0) is 34.8. The van der Waals surface area contributed by atoms with Crippen LogP contribution >= 0.6 is 0 Å². The molecule has 0 spiro atoms. The highest BCUT2D eigenvalue weighted by Crippen LogP contribution is 2.37. The molecule has 0 amide bonds. The third-order valence-electron chi connectivity index (χ3n) is 7.80. The molecule has 0 aliphatic carbocycles. The lowest BCUT2D eigenvalue weighted by Crippen LogP contribution is -2.28. The Kier molecular flexibility index (Phi) is 11.2. The molecule has 0 aliphatic rings. The van der Waals surface area contributed by atoms with Gasteiger partial charge in [0, 0.05) is 40.2 Å². The van der Waals surface area contributed by atoms with E-state index in [1.54, 1.807) is 42.5 Å². The molecule has 0 saturated heterocycles. The number of hydrogen-bond acceptors (Lipinski definition) is 8. The highest BCUT2D eigenvalue weighted by atomic mass is 16.5. The van der Waals surface area contributed by atoms with Gasteiger partial charge in [-0.2, -0.15) is 0 Å². The number of ether oxygens (including phenoxy) is 1. The number of nitrogen functional groups attached to an aromatic ring is 6. The van der Waals surface area contributed by atoms with E-state index < -0.39 is 5.60 Å². The van der Waals surface area contributed by atoms with Gasteiger partial charge in [-0.1, -0.05) is 66.2 Å². The number of aryl methyl sites for hydroxylation is 3. The van der Waals surface area contributed by atoms with E-state index in [2.05, 4.69) is 0 Å². The van der Waals surface area contributed by atoms with E-state index in [9.17, 15) is 5.11 Å². The molecule has 0 heterocycles. The molecule has 48 heavy (non-hydrogen) atoms. The van der Waals surface area contributed by atoms with Crippen molar-refractivity contribution >= 4 is 34.1 Å². The number of benzene rings is 6. The molecule has 0 fully saturated rings. The summed E-state index contributed by atoms with van der Waals surface area (Å²) in [6.07, 6.45) is 0. The van der Waals surface area contributed by atoms with Crippen molar-refractivity contribution in [2.75, 3.05) is 34.4 Å². The van der Waals surface area contributed by atoms with Gasteiger partial charge in [0.15, 0.2) is 0 Å². The van der Waals surface area contributed by atoms with E-state index in [0.29, 0.717) is 11.4 Å². The Bertz CT molecular complexity index is 1810. The van der Waals surface area contributed by atoms with Crippen LogP contribution in [-0.4, -0.2) is 5.11 Å². The highest BCUT2D eigenvalue weighted by molar-refractivity contribution is 5.56. The molecule has 8 heteroatoms. The summed E-state index contributed by atoms with van der Waals surface area (Å²) in [7, 11) is 0. The fraction of sp³-hybridized carbons (Fsp3) is 0.100. The van der Waals surface area contributed by atoms with Crippen LogP contribution < -0.4 is 39.1 Å². The number of aliphatic hydroxyl groups is 1. The normalized spacial score (nSPS) is 10.6.